The topological polar surface area (TPSA) is 95.5 Å². The molecule has 1 aliphatic heterocycles. The molecule has 31 heavy (non-hydrogen) atoms. The van der Waals surface area contributed by atoms with Crippen LogP contribution >= 0.6 is 0 Å². The molecule has 1 aromatic heterocycles. The fourth-order valence-electron chi connectivity index (χ4n) is 3.69. The third-order valence-corrected chi connectivity index (χ3v) is 5.24. The molecule has 8 heteroatoms. The molecule has 2 heterocycles. The Kier molecular flexibility index (Phi) is 5.53. The number of carbonyl (C=O) groups excluding carboxylic acids is 2. The maximum absolute atomic E-state index is 13.3. The summed E-state index contributed by atoms with van der Waals surface area (Å²) < 4.78 is 18.6. The van der Waals surface area contributed by atoms with Crippen LogP contribution in [0.5, 0.6) is 5.75 Å². The highest BCUT2D eigenvalue weighted by molar-refractivity contribution is 6.46. The quantitative estimate of drug-likeness (QED) is 0.362. The van der Waals surface area contributed by atoms with Crippen molar-refractivity contribution >= 4 is 17.4 Å². The molecule has 4 rings (SSSR count). The van der Waals surface area contributed by atoms with Gasteiger partial charge in [0.05, 0.1) is 25.1 Å². The Balaban J connectivity index is 1.81. The number of aliphatic hydroxyl groups excluding tert-OH is 1. The van der Waals surface area contributed by atoms with E-state index in [4.69, 9.17) is 4.74 Å². The van der Waals surface area contributed by atoms with E-state index < -0.39 is 23.5 Å². The lowest BCUT2D eigenvalue weighted by atomic mass is 9.95. The molecule has 1 fully saturated rings. The molecule has 2 N–H and O–H groups in total. The fourth-order valence-corrected chi connectivity index (χ4v) is 3.69. The smallest absolute Gasteiger partial charge is 0.295 e. The Bertz CT molecular complexity index is 1140. The zero-order valence-corrected chi connectivity index (χ0v) is 16.7. The van der Waals surface area contributed by atoms with E-state index in [1.165, 1.54) is 42.6 Å². The molecule has 158 valence electrons. The number of benzene rings is 2. The number of ether oxygens (including phenoxy) is 1. The van der Waals surface area contributed by atoms with Crippen molar-refractivity contribution in [2.45, 2.75) is 12.5 Å². The summed E-state index contributed by atoms with van der Waals surface area (Å²) in [6, 6.07) is 11.3. The normalized spacial score (nSPS) is 17.9. The zero-order chi connectivity index (χ0) is 22.0. The van der Waals surface area contributed by atoms with Crippen molar-refractivity contribution in [1.82, 2.24) is 14.9 Å². The molecular weight excluding hydrogens is 401 g/mol. The number of carbonyl (C=O) groups is 2. The number of methoxy groups -OCH3 is 1. The van der Waals surface area contributed by atoms with Crippen LogP contribution in [-0.4, -0.2) is 45.3 Å². The molecule has 1 saturated heterocycles. The van der Waals surface area contributed by atoms with E-state index in [-0.39, 0.29) is 23.4 Å². The van der Waals surface area contributed by atoms with Gasteiger partial charge in [-0.15, -0.1) is 0 Å². The fraction of sp³-hybridized carbons (Fsp3) is 0.174. The van der Waals surface area contributed by atoms with Crippen LogP contribution in [-0.2, 0) is 16.0 Å². The van der Waals surface area contributed by atoms with E-state index >= 15 is 0 Å². The average Bonchev–Trinajstić information content (AvgIpc) is 3.39. The lowest BCUT2D eigenvalue weighted by molar-refractivity contribution is -0.139. The number of Topliss-reactive ketones (excluding diaryl/α,β-unsaturated/α-hetero) is 1. The van der Waals surface area contributed by atoms with Gasteiger partial charge in [0.1, 0.15) is 17.3 Å². The van der Waals surface area contributed by atoms with Crippen molar-refractivity contribution in [2.75, 3.05) is 13.7 Å². The molecular formula is C23H20FN3O4. The Morgan fingerprint density at radius 3 is 2.68 bits per heavy atom. The number of imidazole rings is 1. The van der Waals surface area contributed by atoms with Crippen molar-refractivity contribution in [2.24, 2.45) is 0 Å². The van der Waals surface area contributed by atoms with Gasteiger partial charge in [-0.25, -0.2) is 9.37 Å². The Hall–Kier alpha value is -3.94. The first kappa shape index (κ1) is 20.3. The molecule has 0 aliphatic carbocycles. The minimum absolute atomic E-state index is 0.0468. The Morgan fingerprint density at radius 2 is 2.00 bits per heavy atom. The number of H-pyrrole nitrogens is 1. The van der Waals surface area contributed by atoms with Crippen LogP contribution in [0.4, 0.5) is 4.39 Å². The number of halogens is 1. The number of hydrogen-bond acceptors (Lipinski definition) is 5. The molecule has 3 aromatic rings. The second kappa shape index (κ2) is 8.43. The molecule has 1 aliphatic rings. The van der Waals surface area contributed by atoms with E-state index in [9.17, 15) is 19.1 Å². The molecule has 2 aromatic carbocycles. The molecule has 7 nitrogen and oxygen atoms in total. The van der Waals surface area contributed by atoms with E-state index in [2.05, 4.69) is 9.97 Å². The number of likely N-dealkylation sites (tertiary alicyclic amines) is 1. The van der Waals surface area contributed by atoms with Gasteiger partial charge in [-0.05, 0) is 42.0 Å². The largest absolute Gasteiger partial charge is 0.507 e. The number of ketones is 1. The van der Waals surface area contributed by atoms with Crippen LogP contribution in [0.15, 0.2) is 66.6 Å². The number of aliphatic hydroxyl groups is 1. The van der Waals surface area contributed by atoms with Crippen LogP contribution in [0.3, 0.4) is 0 Å². The summed E-state index contributed by atoms with van der Waals surface area (Å²) in [5.74, 6) is -1.77. The van der Waals surface area contributed by atoms with Crippen molar-refractivity contribution in [1.29, 1.82) is 0 Å². The maximum atomic E-state index is 13.3. The van der Waals surface area contributed by atoms with Crippen LogP contribution in [0.2, 0.25) is 0 Å². The molecule has 0 bridgehead atoms. The van der Waals surface area contributed by atoms with Crippen molar-refractivity contribution in [3.63, 3.8) is 0 Å². The summed E-state index contributed by atoms with van der Waals surface area (Å²) in [7, 11) is 1.52. The number of aromatic amines is 1. The van der Waals surface area contributed by atoms with Crippen molar-refractivity contribution in [3.8, 4) is 5.75 Å². The van der Waals surface area contributed by atoms with Gasteiger partial charge in [0.2, 0.25) is 0 Å². The lowest BCUT2D eigenvalue weighted by Crippen LogP contribution is -2.31. The maximum Gasteiger partial charge on any atom is 0.295 e. The number of nitrogens with zero attached hydrogens (tertiary/aromatic N) is 2. The average molecular weight is 421 g/mol. The van der Waals surface area contributed by atoms with E-state index in [1.54, 1.807) is 30.5 Å². The van der Waals surface area contributed by atoms with Crippen LogP contribution in [0, 0.1) is 5.82 Å². The summed E-state index contributed by atoms with van der Waals surface area (Å²) in [5.41, 5.74) is 1.63. The highest BCUT2D eigenvalue weighted by Crippen LogP contribution is 2.40. The minimum Gasteiger partial charge on any atom is -0.507 e. The SMILES string of the molecule is COc1cccc(C2/C(=C(/O)c3ccc(F)cc3)C(=O)C(=O)N2CCc2cnc[nH]2)c1. The number of amides is 1. The van der Waals surface area contributed by atoms with Gasteiger partial charge in [-0.2, -0.15) is 0 Å². The third kappa shape index (κ3) is 3.92. The van der Waals surface area contributed by atoms with Crippen LogP contribution in [0.25, 0.3) is 5.76 Å². The number of aromatic nitrogens is 2. The minimum atomic E-state index is -0.817. The monoisotopic (exact) mass is 421 g/mol. The summed E-state index contributed by atoms with van der Waals surface area (Å²) in [5, 5.41) is 10.9. The van der Waals surface area contributed by atoms with Gasteiger partial charge in [0.25, 0.3) is 11.7 Å². The summed E-state index contributed by atoms with van der Waals surface area (Å²) in [6.45, 7) is 0.231. The summed E-state index contributed by atoms with van der Waals surface area (Å²) >= 11 is 0. The van der Waals surface area contributed by atoms with E-state index in [1.807, 2.05) is 0 Å². The molecule has 0 radical (unpaired) electrons. The highest BCUT2D eigenvalue weighted by atomic mass is 19.1. The van der Waals surface area contributed by atoms with Gasteiger partial charge >= 0.3 is 0 Å². The van der Waals surface area contributed by atoms with Crippen LogP contribution in [0.1, 0.15) is 22.9 Å². The number of nitrogens with one attached hydrogen (secondary N) is 1. The van der Waals surface area contributed by atoms with Gasteiger partial charge < -0.3 is 19.7 Å². The van der Waals surface area contributed by atoms with Crippen molar-refractivity contribution < 1.29 is 23.8 Å². The lowest BCUT2D eigenvalue weighted by Gasteiger charge is -2.25. The zero-order valence-electron chi connectivity index (χ0n) is 16.7. The molecule has 1 atom stereocenters. The first-order chi connectivity index (χ1) is 15.0. The third-order valence-electron chi connectivity index (χ3n) is 5.24. The number of hydrogen-bond donors (Lipinski definition) is 2. The predicted molar refractivity (Wildman–Crippen MR) is 111 cm³/mol. The second-order valence-electron chi connectivity index (χ2n) is 7.10. The summed E-state index contributed by atoms with van der Waals surface area (Å²) in [4.78, 5) is 34.2. The Morgan fingerprint density at radius 1 is 1.23 bits per heavy atom. The molecule has 0 spiro atoms. The second-order valence-corrected chi connectivity index (χ2v) is 7.10. The summed E-state index contributed by atoms with van der Waals surface area (Å²) in [6.07, 6.45) is 3.64. The molecule has 0 saturated carbocycles. The molecule has 1 unspecified atom stereocenters. The molecule has 1 amide bonds. The highest BCUT2D eigenvalue weighted by Gasteiger charge is 2.46. The van der Waals surface area contributed by atoms with Gasteiger partial charge in [-0.3, -0.25) is 9.59 Å². The van der Waals surface area contributed by atoms with E-state index in [0.717, 1.165) is 5.69 Å². The van der Waals surface area contributed by atoms with Gasteiger partial charge in [0.15, 0.2) is 0 Å². The first-order valence-corrected chi connectivity index (χ1v) is 9.65. The first-order valence-electron chi connectivity index (χ1n) is 9.65. The Labute approximate surface area is 177 Å². The van der Waals surface area contributed by atoms with Gasteiger partial charge in [-0.1, -0.05) is 12.1 Å². The standard InChI is InChI=1S/C23H20FN3O4/c1-31-18-4-2-3-15(11-18)20-19(21(28)14-5-7-16(24)8-6-14)22(29)23(30)27(20)10-9-17-12-25-13-26-17/h2-8,11-13,20,28H,9-10H2,1H3,(H,25,26)/b21-19-. The van der Waals surface area contributed by atoms with Crippen LogP contribution < -0.4 is 4.74 Å². The van der Waals surface area contributed by atoms with E-state index in [0.29, 0.717) is 17.7 Å². The van der Waals surface area contributed by atoms with Gasteiger partial charge in [0, 0.05) is 30.4 Å². The van der Waals surface area contributed by atoms with Crippen molar-refractivity contribution in [3.05, 3.63) is 89.3 Å². The predicted octanol–water partition coefficient (Wildman–Crippen LogP) is 3.22. The number of rotatable bonds is 6.